The minimum absolute atomic E-state index is 0.173. The van der Waals surface area contributed by atoms with Crippen molar-refractivity contribution in [1.29, 1.82) is 0 Å². The van der Waals surface area contributed by atoms with Crippen molar-refractivity contribution < 1.29 is 9.59 Å². The maximum atomic E-state index is 13.1. The van der Waals surface area contributed by atoms with Crippen LogP contribution in [0.15, 0.2) is 18.2 Å². The van der Waals surface area contributed by atoms with Crippen molar-refractivity contribution in [3.63, 3.8) is 0 Å². The smallest absolute Gasteiger partial charge is 0.274 e. The summed E-state index contributed by atoms with van der Waals surface area (Å²) in [4.78, 5) is 32.0. The molecule has 2 fully saturated rings. The van der Waals surface area contributed by atoms with E-state index in [4.69, 9.17) is 5.73 Å². The molecular weight excluding hydrogens is 334 g/mol. The van der Waals surface area contributed by atoms with Gasteiger partial charge >= 0.3 is 0 Å². The Morgan fingerprint density at radius 3 is 2.68 bits per heavy atom. The number of nitrogens with zero attached hydrogens (tertiary/aromatic N) is 2. The van der Waals surface area contributed by atoms with Gasteiger partial charge in [0.05, 0.1) is 9.88 Å². The molecule has 6 heteroatoms. The van der Waals surface area contributed by atoms with Crippen molar-refractivity contribution in [3.05, 3.63) is 40.0 Å². The van der Waals surface area contributed by atoms with Crippen LogP contribution in [0.25, 0.3) is 10.4 Å². The van der Waals surface area contributed by atoms with Gasteiger partial charge < -0.3 is 10.6 Å². The molecule has 0 bridgehead atoms. The highest BCUT2D eigenvalue weighted by Gasteiger charge is 2.56. The first-order chi connectivity index (χ1) is 11.9. The zero-order valence-corrected chi connectivity index (χ0v) is 15.4. The first-order valence-electron chi connectivity index (χ1n) is 8.52. The van der Waals surface area contributed by atoms with Crippen LogP contribution >= 0.6 is 11.3 Å². The molecule has 4 rings (SSSR count). The van der Waals surface area contributed by atoms with E-state index in [1.54, 1.807) is 4.90 Å². The van der Waals surface area contributed by atoms with E-state index in [1.807, 2.05) is 13.0 Å². The van der Waals surface area contributed by atoms with E-state index in [9.17, 15) is 9.59 Å². The Bertz CT molecular complexity index is 889. The van der Waals surface area contributed by atoms with Gasteiger partial charge in [0.15, 0.2) is 0 Å². The van der Waals surface area contributed by atoms with E-state index in [0.717, 1.165) is 21.9 Å². The van der Waals surface area contributed by atoms with E-state index in [0.29, 0.717) is 18.2 Å². The second kappa shape index (κ2) is 5.66. The molecule has 1 aromatic heterocycles. The third-order valence-electron chi connectivity index (χ3n) is 5.41. The summed E-state index contributed by atoms with van der Waals surface area (Å²) in [7, 11) is 0. The summed E-state index contributed by atoms with van der Waals surface area (Å²) in [5.74, 6) is 0.0871. The number of amides is 2. The van der Waals surface area contributed by atoms with Gasteiger partial charge in [-0.05, 0) is 55.7 Å². The van der Waals surface area contributed by atoms with E-state index in [1.165, 1.54) is 22.5 Å². The van der Waals surface area contributed by atoms with Gasteiger partial charge in [0.1, 0.15) is 11.7 Å². The van der Waals surface area contributed by atoms with E-state index >= 15 is 0 Å². The summed E-state index contributed by atoms with van der Waals surface area (Å²) in [6.45, 7) is 6.64. The SMILES string of the molecule is Cc1nc(C(=O)N2C[C@H]3C[C@H]3[C@H]2C(N)=O)c(-c2ccc(C)c(C)c2)s1. The molecule has 1 aromatic carbocycles. The van der Waals surface area contributed by atoms with Crippen LogP contribution < -0.4 is 5.73 Å². The lowest BCUT2D eigenvalue weighted by Crippen LogP contribution is -2.46. The molecule has 2 N–H and O–H groups in total. The summed E-state index contributed by atoms with van der Waals surface area (Å²) in [5.41, 5.74) is 9.40. The molecule has 1 aliphatic carbocycles. The number of thiazole rings is 1. The fraction of sp³-hybridized carbons (Fsp3) is 0.421. The number of likely N-dealkylation sites (tertiary alicyclic amines) is 1. The number of benzene rings is 1. The first kappa shape index (κ1) is 16.3. The largest absolute Gasteiger partial charge is 0.368 e. The van der Waals surface area contributed by atoms with Crippen molar-refractivity contribution in [2.45, 2.75) is 33.2 Å². The number of aryl methyl sites for hydroxylation is 3. The first-order valence-corrected chi connectivity index (χ1v) is 9.34. The van der Waals surface area contributed by atoms with Crippen LogP contribution in [0.1, 0.15) is 33.0 Å². The minimum Gasteiger partial charge on any atom is -0.368 e. The average Bonchev–Trinajstić information content (AvgIpc) is 3.03. The Labute approximate surface area is 150 Å². The predicted molar refractivity (Wildman–Crippen MR) is 97.4 cm³/mol. The summed E-state index contributed by atoms with van der Waals surface area (Å²) < 4.78 is 0. The summed E-state index contributed by atoms with van der Waals surface area (Å²) in [5, 5.41) is 0.844. The van der Waals surface area contributed by atoms with Crippen LogP contribution in [-0.4, -0.2) is 34.3 Å². The number of aromatic nitrogens is 1. The van der Waals surface area contributed by atoms with Gasteiger partial charge in [0.25, 0.3) is 5.91 Å². The topological polar surface area (TPSA) is 76.3 Å². The highest BCUT2D eigenvalue weighted by molar-refractivity contribution is 7.15. The van der Waals surface area contributed by atoms with E-state index < -0.39 is 11.9 Å². The average molecular weight is 355 g/mol. The monoisotopic (exact) mass is 355 g/mol. The minimum atomic E-state index is -0.480. The fourth-order valence-corrected chi connectivity index (χ4v) is 4.73. The molecule has 1 aliphatic heterocycles. The van der Waals surface area contributed by atoms with Gasteiger partial charge in [-0.25, -0.2) is 4.98 Å². The van der Waals surface area contributed by atoms with Crippen LogP contribution in [-0.2, 0) is 4.79 Å². The van der Waals surface area contributed by atoms with Gasteiger partial charge in [-0.3, -0.25) is 9.59 Å². The lowest BCUT2D eigenvalue weighted by atomic mass is 10.0. The van der Waals surface area contributed by atoms with Crippen LogP contribution in [0.4, 0.5) is 0 Å². The van der Waals surface area contributed by atoms with Crippen molar-refractivity contribution in [2.75, 3.05) is 6.54 Å². The molecule has 1 saturated carbocycles. The number of fused-ring (bicyclic) bond motifs is 1. The molecule has 25 heavy (non-hydrogen) atoms. The predicted octanol–water partition coefficient (Wildman–Crippen LogP) is 2.68. The Morgan fingerprint density at radius 2 is 2.00 bits per heavy atom. The summed E-state index contributed by atoms with van der Waals surface area (Å²) in [6.07, 6.45) is 0.998. The van der Waals surface area contributed by atoms with E-state index in [2.05, 4.69) is 31.0 Å². The van der Waals surface area contributed by atoms with Crippen LogP contribution in [0.5, 0.6) is 0 Å². The zero-order valence-electron chi connectivity index (χ0n) is 14.6. The maximum Gasteiger partial charge on any atom is 0.274 e. The van der Waals surface area contributed by atoms with Crippen LogP contribution in [0.2, 0.25) is 0 Å². The fourth-order valence-electron chi connectivity index (χ4n) is 3.83. The molecular formula is C19H21N3O2S. The molecule has 2 aromatic rings. The second-order valence-corrected chi connectivity index (χ2v) is 8.38. The third kappa shape index (κ3) is 2.65. The van der Waals surface area contributed by atoms with Gasteiger partial charge in [-0.1, -0.05) is 18.2 Å². The van der Waals surface area contributed by atoms with Crippen LogP contribution in [0, 0.1) is 32.6 Å². The van der Waals surface area contributed by atoms with Gasteiger partial charge in [-0.15, -0.1) is 11.3 Å². The Balaban J connectivity index is 1.72. The number of rotatable bonds is 3. The number of nitrogens with two attached hydrogens (primary N) is 1. The third-order valence-corrected chi connectivity index (χ3v) is 6.43. The van der Waals surface area contributed by atoms with Crippen molar-refractivity contribution >= 4 is 23.2 Å². The summed E-state index contributed by atoms with van der Waals surface area (Å²) in [6, 6.07) is 5.70. The van der Waals surface area contributed by atoms with Crippen LogP contribution in [0.3, 0.4) is 0 Å². The molecule has 0 spiro atoms. The van der Waals surface area contributed by atoms with Crippen molar-refractivity contribution in [1.82, 2.24) is 9.88 Å². The standard InChI is InChI=1S/C19H21N3O2S/c1-9-4-5-12(6-10(9)2)17-15(21-11(3)25-17)19(24)22-8-13-7-14(13)16(22)18(20)23/h4-6,13-14,16H,7-8H2,1-3H3,(H2,20,23)/t13-,14-,16+/m1/s1. The number of hydrogen-bond acceptors (Lipinski definition) is 4. The number of carbonyl (C=O) groups excluding carboxylic acids is 2. The Morgan fingerprint density at radius 1 is 1.24 bits per heavy atom. The highest BCUT2D eigenvalue weighted by atomic mass is 32.1. The van der Waals surface area contributed by atoms with Crippen molar-refractivity contribution in [2.24, 2.45) is 17.6 Å². The molecule has 2 aliphatic rings. The lowest BCUT2D eigenvalue weighted by molar-refractivity contribution is -0.122. The Hall–Kier alpha value is -2.21. The molecule has 2 amide bonds. The number of hydrogen-bond donors (Lipinski definition) is 1. The molecule has 5 nitrogen and oxygen atoms in total. The van der Waals surface area contributed by atoms with Gasteiger partial charge in [0, 0.05) is 6.54 Å². The van der Waals surface area contributed by atoms with E-state index in [-0.39, 0.29) is 11.8 Å². The molecule has 0 unspecified atom stereocenters. The Kier molecular flexibility index (Phi) is 3.68. The molecule has 3 atom stereocenters. The second-order valence-electron chi connectivity index (χ2n) is 7.17. The lowest BCUT2D eigenvalue weighted by Gasteiger charge is -2.24. The van der Waals surface area contributed by atoms with Crippen molar-refractivity contribution in [3.8, 4) is 10.4 Å². The highest BCUT2D eigenvalue weighted by Crippen LogP contribution is 2.50. The number of primary amides is 1. The quantitative estimate of drug-likeness (QED) is 0.920. The number of carbonyl (C=O) groups is 2. The number of piperidine rings is 1. The maximum absolute atomic E-state index is 13.1. The molecule has 2 heterocycles. The molecule has 130 valence electrons. The van der Waals surface area contributed by atoms with Gasteiger partial charge in [0.2, 0.25) is 5.91 Å². The zero-order chi connectivity index (χ0) is 17.9. The molecule has 0 radical (unpaired) electrons. The summed E-state index contributed by atoms with van der Waals surface area (Å²) >= 11 is 1.52. The molecule has 1 saturated heterocycles. The van der Waals surface area contributed by atoms with Gasteiger partial charge in [-0.2, -0.15) is 0 Å². The normalized spacial score (nSPS) is 24.3.